The fourth-order valence-electron chi connectivity index (χ4n) is 0.978. The molecular weight excluding hydrogens is 188 g/mol. The van der Waals surface area contributed by atoms with E-state index in [1.165, 1.54) is 0 Å². The largest absolute Gasteiger partial charge is 0.368 e. The van der Waals surface area contributed by atoms with Gasteiger partial charge in [-0.15, -0.1) is 0 Å². The number of carbonyl (C=O) groups is 1. The van der Waals surface area contributed by atoms with Crippen LogP contribution in [-0.2, 0) is 9.53 Å². The highest BCUT2D eigenvalue weighted by Gasteiger charge is 2.32. The summed E-state index contributed by atoms with van der Waals surface area (Å²) in [6, 6.07) is 0. The van der Waals surface area contributed by atoms with Crippen molar-refractivity contribution in [3.63, 3.8) is 0 Å². The lowest BCUT2D eigenvalue weighted by atomic mass is 9.67. The van der Waals surface area contributed by atoms with Crippen LogP contribution in [0.5, 0.6) is 0 Å². The number of rotatable bonds is 5. The maximum atomic E-state index is 10.7. The van der Waals surface area contributed by atoms with Gasteiger partial charge in [0, 0.05) is 6.61 Å². The van der Waals surface area contributed by atoms with Crippen LogP contribution in [0.1, 0.15) is 54.9 Å². The lowest BCUT2D eigenvalue weighted by Gasteiger charge is -2.39. The Balaban J connectivity index is 4.13. The average molecular weight is 214 g/mol. The normalized spacial score (nSPS) is 14.1. The van der Waals surface area contributed by atoms with E-state index in [2.05, 4.69) is 34.6 Å². The van der Waals surface area contributed by atoms with Crippen molar-refractivity contribution < 1.29 is 9.53 Å². The summed E-state index contributed by atoms with van der Waals surface area (Å²) in [6.45, 7) is 15.4. The van der Waals surface area contributed by atoms with Crippen molar-refractivity contribution >= 4 is 6.29 Å². The Morgan fingerprint density at radius 2 is 1.47 bits per heavy atom. The van der Waals surface area contributed by atoms with Crippen molar-refractivity contribution in [3.05, 3.63) is 0 Å². The predicted octanol–water partition coefficient (Wildman–Crippen LogP) is 3.44. The molecule has 0 saturated heterocycles. The van der Waals surface area contributed by atoms with Gasteiger partial charge in [-0.1, -0.05) is 34.6 Å². The molecule has 0 aromatic carbocycles. The first-order valence-electron chi connectivity index (χ1n) is 5.62. The first-order valence-corrected chi connectivity index (χ1v) is 5.62. The number of aldehydes is 1. The molecule has 0 aliphatic rings. The fourth-order valence-corrected chi connectivity index (χ4v) is 0.978. The predicted molar refractivity (Wildman–Crippen MR) is 63.9 cm³/mol. The summed E-state index contributed by atoms with van der Waals surface area (Å²) in [7, 11) is 0. The summed E-state index contributed by atoms with van der Waals surface area (Å²) in [6.07, 6.45) is 1.82. The number of carbonyl (C=O) groups excluding carboxylic acids is 1. The topological polar surface area (TPSA) is 26.3 Å². The molecule has 0 atom stereocenters. The molecule has 0 aliphatic heterocycles. The van der Waals surface area contributed by atoms with Crippen molar-refractivity contribution in [3.8, 4) is 0 Å². The molecule has 0 unspecified atom stereocenters. The molecule has 0 spiro atoms. The number of hydrogen-bond donors (Lipinski definition) is 0. The molecule has 0 radical (unpaired) electrons. The molecule has 0 aliphatic carbocycles. The second-order valence-electron chi connectivity index (χ2n) is 6.45. The van der Waals surface area contributed by atoms with Gasteiger partial charge in [0.25, 0.3) is 0 Å². The highest BCUT2D eigenvalue weighted by Crippen LogP contribution is 2.40. The quantitative estimate of drug-likeness (QED) is 0.655. The molecule has 0 heterocycles. The molecule has 2 heteroatoms. The van der Waals surface area contributed by atoms with Crippen LogP contribution in [0.2, 0.25) is 0 Å². The third-order valence-electron chi connectivity index (χ3n) is 3.52. The van der Waals surface area contributed by atoms with Gasteiger partial charge in [-0.2, -0.15) is 0 Å². The van der Waals surface area contributed by atoms with E-state index >= 15 is 0 Å². The zero-order chi connectivity index (χ0) is 12.3. The van der Waals surface area contributed by atoms with E-state index in [1.54, 1.807) is 13.8 Å². The molecule has 0 N–H and O–H groups in total. The van der Waals surface area contributed by atoms with Crippen molar-refractivity contribution in [2.75, 3.05) is 6.61 Å². The lowest BCUT2D eigenvalue weighted by molar-refractivity contribution is -0.128. The molecule has 0 bridgehead atoms. The van der Waals surface area contributed by atoms with E-state index in [-0.39, 0.29) is 10.8 Å². The molecule has 0 fully saturated rings. The molecule has 0 aromatic rings. The van der Waals surface area contributed by atoms with E-state index in [9.17, 15) is 4.79 Å². The van der Waals surface area contributed by atoms with Crippen molar-refractivity contribution in [1.82, 2.24) is 0 Å². The third-order valence-corrected chi connectivity index (χ3v) is 3.52. The molecule has 90 valence electrons. The van der Waals surface area contributed by atoms with E-state index in [0.29, 0.717) is 6.61 Å². The summed E-state index contributed by atoms with van der Waals surface area (Å²) in [5, 5.41) is 0. The van der Waals surface area contributed by atoms with E-state index in [1.807, 2.05) is 0 Å². The Hall–Kier alpha value is -0.370. The smallest absolute Gasteiger partial charge is 0.151 e. The van der Waals surface area contributed by atoms with Gasteiger partial charge in [0.15, 0.2) is 6.29 Å². The van der Waals surface area contributed by atoms with Crippen LogP contribution in [-0.4, -0.2) is 18.5 Å². The Bertz CT molecular complexity index is 209. The fraction of sp³-hybridized carbons (Fsp3) is 0.923. The van der Waals surface area contributed by atoms with Crippen LogP contribution in [0.4, 0.5) is 0 Å². The lowest BCUT2D eigenvalue weighted by Crippen LogP contribution is -2.33. The van der Waals surface area contributed by atoms with Gasteiger partial charge < -0.3 is 9.53 Å². The van der Waals surface area contributed by atoms with Crippen LogP contribution < -0.4 is 0 Å². The third kappa shape index (κ3) is 4.78. The maximum Gasteiger partial charge on any atom is 0.151 e. The van der Waals surface area contributed by atoms with Gasteiger partial charge >= 0.3 is 0 Å². The summed E-state index contributed by atoms with van der Waals surface area (Å²) < 4.78 is 5.54. The van der Waals surface area contributed by atoms with Crippen molar-refractivity contribution in [2.45, 2.75) is 60.5 Å². The Kier molecular flexibility index (Phi) is 4.53. The highest BCUT2D eigenvalue weighted by molar-refractivity contribution is 5.60. The molecule has 0 saturated carbocycles. The second-order valence-corrected chi connectivity index (χ2v) is 6.45. The molecule has 0 rings (SSSR count). The zero-order valence-electron chi connectivity index (χ0n) is 11.3. The SMILES string of the molecule is CC(C)(C=O)OCCC(C)(C)C(C)(C)C. The molecular formula is C13H26O2. The van der Waals surface area contributed by atoms with Crippen LogP contribution in [0.3, 0.4) is 0 Å². The van der Waals surface area contributed by atoms with Crippen LogP contribution in [0, 0.1) is 10.8 Å². The minimum absolute atomic E-state index is 0.214. The second kappa shape index (κ2) is 4.65. The Labute approximate surface area is 94.4 Å². The highest BCUT2D eigenvalue weighted by atomic mass is 16.5. The number of hydrogen-bond acceptors (Lipinski definition) is 2. The Morgan fingerprint density at radius 3 is 1.80 bits per heavy atom. The molecule has 15 heavy (non-hydrogen) atoms. The van der Waals surface area contributed by atoms with Gasteiger partial charge in [-0.3, -0.25) is 0 Å². The Morgan fingerprint density at radius 1 is 1.00 bits per heavy atom. The maximum absolute atomic E-state index is 10.7. The van der Waals surface area contributed by atoms with E-state index < -0.39 is 5.60 Å². The van der Waals surface area contributed by atoms with Crippen molar-refractivity contribution in [2.24, 2.45) is 10.8 Å². The van der Waals surface area contributed by atoms with Gasteiger partial charge in [-0.05, 0) is 31.1 Å². The first-order chi connectivity index (χ1) is 6.52. The van der Waals surface area contributed by atoms with Crippen molar-refractivity contribution in [1.29, 1.82) is 0 Å². The summed E-state index contributed by atoms with van der Waals surface area (Å²) in [5.74, 6) is 0. The molecule has 0 aromatic heterocycles. The van der Waals surface area contributed by atoms with E-state index in [4.69, 9.17) is 4.74 Å². The minimum atomic E-state index is -0.645. The average Bonchev–Trinajstić information content (AvgIpc) is 2.01. The van der Waals surface area contributed by atoms with Gasteiger partial charge in [0.2, 0.25) is 0 Å². The summed E-state index contributed by atoms with van der Waals surface area (Å²) >= 11 is 0. The summed E-state index contributed by atoms with van der Waals surface area (Å²) in [4.78, 5) is 10.7. The van der Waals surface area contributed by atoms with Gasteiger partial charge in [0.1, 0.15) is 5.60 Å². The zero-order valence-corrected chi connectivity index (χ0v) is 11.3. The van der Waals surface area contributed by atoms with Crippen LogP contribution in [0.15, 0.2) is 0 Å². The monoisotopic (exact) mass is 214 g/mol. The van der Waals surface area contributed by atoms with E-state index in [0.717, 1.165) is 12.7 Å². The molecule has 0 amide bonds. The summed E-state index contributed by atoms with van der Waals surface area (Å²) in [5.41, 5.74) is -0.179. The van der Waals surface area contributed by atoms with Crippen LogP contribution in [0.25, 0.3) is 0 Å². The molecule has 2 nitrogen and oxygen atoms in total. The first kappa shape index (κ1) is 14.6. The minimum Gasteiger partial charge on any atom is -0.368 e. The number of ether oxygens (including phenoxy) is 1. The van der Waals surface area contributed by atoms with Crippen LogP contribution >= 0.6 is 0 Å². The van der Waals surface area contributed by atoms with Gasteiger partial charge in [0.05, 0.1) is 0 Å². The van der Waals surface area contributed by atoms with Gasteiger partial charge in [-0.25, -0.2) is 0 Å². The standard InChI is InChI=1S/C13H26O2/c1-11(2,3)12(4,5)8-9-15-13(6,7)10-14/h10H,8-9H2,1-7H3.